The number of fused-ring (bicyclic) bond motifs is 1. The second kappa shape index (κ2) is 17.8. The third-order valence-electron chi connectivity index (χ3n) is 7.71. The van der Waals surface area contributed by atoms with Crippen molar-refractivity contribution >= 4 is 50.8 Å². The van der Waals surface area contributed by atoms with E-state index in [-0.39, 0.29) is 48.6 Å². The van der Waals surface area contributed by atoms with Crippen LogP contribution < -0.4 is 22.1 Å². The van der Waals surface area contributed by atoms with Crippen molar-refractivity contribution in [1.82, 2.24) is 15.6 Å². The molecule has 1 heterocycles. The molecule has 3 amide bonds. The second-order valence-corrected chi connectivity index (χ2v) is 13.1. The summed E-state index contributed by atoms with van der Waals surface area (Å²) in [6.07, 6.45) is 2.94. The van der Waals surface area contributed by atoms with Crippen LogP contribution in [0, 0.1) is 23.7 Å². The Kier molecular flexibility index (Phi) is 14.9. The fourth-order valence-corrected chi connectivity index (χ4v) is 6.15. The Hall–Kier alpha value is -3.18. The molecule has 0 aliphatic heterocycles. The number of nitrogens with two attached hydrogens (primary N) is 2. The van der Waals surface area contributed by atoms with Crippen LogP contribution in [-0.4, -0.2) is 52.9 Å². The first-order chi connectivity index (χ1) is 20.4. The smallest absolute Gasteiger partial charge is 0.240 e. The zero-order valence-electron chi connectivity index (χ0n) is 26.2. The fraction of sp³-hybridized carbons (Fsp3) is 0.625. The molecule has 0 saturated carbocycles. The van der Waals surface area contributed by atoms with E-state index in [1.165, 1.54) is 18.3 Å². The quantitative estimate of drug-likeness (QED) is 0.164. The molecule has 11 heteroatoms. The summed E-state index contributed by atoms with van der Waals surface area (Å²) in [5.41, 5.74) is 12.0. The van der Waals surface area contributed by atoms with Crippen LogP contribution in [0.1, 0.15) is 84.6 Å². The van der Waals surface area contributed by atoms with Crippen LogP contribution in [0.25, 0.3) is 10.2 Å². The Morgan fingerprint density at radius 1 is 0.953 bits per heavy atom. The predicted molar refractivity (Wildman–Crippen MR) is 170 cm³/mol. The SMILES string of the molecule is CC[C@H](C)[C@H](NC(=O)[C@@H](CC(C)=O)Cc1nc2ccccc2s1)C(=O)C[C@@H](CCCCN)C(=O)N[C@@H](CC(C)C)C(N)=O. The number of benzene rings is 1. The number of Topliss-reactive ketones (excluding diaryl/α,β-unsaturated/α-hetero) is 2. The molecular formula is C32H49N5O5S. The molecule has 5 atom stereocenters. The van der Waals surface area contributed by atoms with Gasteiger partial charge in [-0.2, -0.15) is 0 Å². The van der Waals surface area contributed by atoms with Crippen molar-refractivity contribution in [2.45, 2.75) is 98.1 Å². The van der Waals surface area contributed by atoms with Crippen LogP contribution in [0.3, 0.4) is 0 Å². The molecule has 0 spiro atoms. The molecule has 238 valence electrons. The van der Waals surface area contributed by atoms with Gasteiger partial charge in [-0.3, -0.25) is 19.2 Å². The highest BCUT2D eigenvalue weighted by Gasteiger charge is 2.33. The lowest BCUT2D eigenvalue weighted by atomic mass is 9.86. The molecule has 43 heavy (non-hydrogen) atoms. The summed E-state index contributed by atoms with van der Waals surface area (Å²) < 4.78 is 0.998. The maximum absolute atomic E-state index is 13.8. The molecule has 1 aromatic carbocycles. The molecular weight excluding hydrogens is 566 g/mol. The number of aromatic nitrogens is 1. The average Bonchev–Trinajstić information content (AvgIpc) is 3.36. The first-order valence-electron chi connectivity index (χ1n) is 15.3. The zero-order chi connectivity index (χ0) is 32.1. The highest BCUT2D eigenvalue weighted by Crippen LogP contribution is 2.26. The minimum absolute atomic E-state index is 0.0254. The van der Waals surface area contributed by atoms with Gasteiger partial charge in [0.25, 0.3) is 0 Å². The van der Waals surface area contributed by atoms with Gasteiger partial charge in [-0.1, -0.05) is 52.7 Å². The van der Waals surface area contributed by atoms with Gasteiger partial charge in [0.2, 0.25) is 17.7 Å². The van der Waals surface area contributed by atoms with E-state index in [1.54, 1.807) is 0 Å². The van der Waals surface area contributed by atoms with Gasteiger partial charge < -0.3 is 26.9 Å². The Balaban J connectivity index is 2.24. The highest BCUT2D eigenvalue weighted by molar-refractivity contribution is 7.18. The Morgan fingerprint density at radius 2 is 1.63 bits per heavy atom. The number of ketones is 2. The summed E-state index contributed by atoms with van der Waals surface area (Å²) in [5, 5.41) is 6.43. The average molecular weight is 616 g/mol. The first kappa shape index (κ1) is 36.0. The zero-order valence-corrected chi connectivity index (χ0v) is 27.0. The molecule has 1 aromatic heterocycles. The van der Waals surface area contributed by atoms with E-state index in [1.807, 2.05) is 52.0 Å². The molecule has 0 unspecified atom stereocenters. The minimum Gasteiger partial charge on any atom is -0.368 e. The number of thiazole rings is 1. The molecule has 0 fully saturated rings. The molecule has 0 aliphatic rings. The lowest BCUT2D eigenvalue weighted by Gasteiger charge is -2.27. The topological polar surface area (TPSA) is 174 Å². The summed E-state index contributed by atoms with van der Waals surface area (Å²) >= 11 is 1.48. The standard InChI is InChI=1S/C32H49N5O5S/c1-6-20(4)29(26(39)17-22(11-9-10-14-33)31(41)36-25(30(34)40)15-19(2)3)37-32(42)23(16-21(5)38)18-28-35-24-12-7-8-13-27(24)43-28/h7-8,12-13,19-20,22-23,25,29H,6,9-11,14-18,33H2,1-5H3,(H2,34,40)(H,36,41)(H,37,42)/t20-,22+,23-,25-,29-/m0/s1. The molecule has 2 aromatic rings. The van der Waals surface area contributed by atoms with Crippen molar-refractivity contribution in [1.29, 1.82) is 0 Å². The van der Waals surface area contributed by atoms with Gasteiger partial charge in [0.05, 0.1) is 27.2 Å². The number of nitrogens with one attached hydrogen (secondary N) is 2. The van der Waals surface area contributed by atoms with E-state index in [0.29, 0.717) is 38.6 Å². The molecule has 0 radical (unpaired) electrons. The number of amides is 3. The summed E-state index contributed by atoms with van der Waals surface area (Å²) in [6.45, 7) is 9.57. The fourth-order valence-electron chi connectivity index (χ4n) is 5.11. The third kappa shape index (κ3) is 11.8. The van der Waals surface area contributed by atoms with Gasteiger partial charge in [-0.25, -0.2) is 4.98 Å². The van der Waals surface area contributed by atoms with Crippen molar-refractivity contribution in [3.63, 3.8) is 0 Å². The number of hydrogen-bond donors (Lipinski definition) is 4. The van der Waals surface area contributed by atoms with Crippen LogP contribution in [0.2, 0.25) is 0 Å². The van der Waals surface area contributed by atoms with Crippen LogP contribution in [0.4, 0.5) is 0 Å². The maximum atomic E-state index is 13.8. The van der Waals surface area contributed by atoms with Crippen molar-refractivity contribution in [2.24, 2.45) is 35.1 Å². The van der Waals surface area contributed by atoms with E-state index in [4.69, 9.17) is 11.5 Å². The Morgan fingerprint density at radius 3 is 2.21 bits per heavy atom. The number of rotatable bonds is 20. The summed E-state index contributed by atoms with van der Waals surface area (Å²) in [6, 6.07) is 6.02. The highest BCUT2D eigenvalue weighted by atomic mass is 32.1. The van der Waals surface area contributed by atoms with E-state index in [9.17, 15) is 24.0 Å². The van der Waals surface area contributed by atoms with Crippen molar-refractivity contribution in [3.05, 3.63) is 29.3 Å². The normalized spacial score (nSPS) is 15.0. The number of carbonyl (C=O) groups excluding carboxylic acids is 5. The number of nitrogens with zero attached hydrogens (tertiary/aromatic N) is 1. The second-order valence-electron chi connectivity index (χ2n) is 12.0. The summed E-state index contributed by atoms with van der Waals surface area (Å²) in [7, 11) is 0. The third-order valence-corrected chi connectivity index (χ3v) is 8.77. The molecule has 2 rings (SSSR count). The number of hydrogen-bond acceptors (Lipinski definition) is 8. The van der Waals surface area contributed by atoms with Crippen molar-refractivity contribution in [2.75, 3.05) is 6.54 Å². The number of primary amides is 1. The molecule has 6 N–H and O–H groups in total. The Bertz CT molecular complexity index is 1210. The van der Waals surface area contributed by atoms with Crippen LogP contribution in [0.15, 0.2) is 24.3 Å². The molecule has 0 saturated heterocycles. The van der Waals surface area contributed by atoms with Gasteiger partial charge >= 0.3 is 0 Å². The van der Waals surface area contributed by atoms with E-state index >= 15 is 0 Å². The van der Waals surface area contributed by atoms with E-state index in [0.717, 1.165) is 15.2 Å². The minimum atomic E-state index is -0.838. The molecule has 10 nitrogen and oxygen atoms in total. The lowest BCUT2D eigenvalue weighted by Crippen LogP contribution is -2.50. The number of unbranched alkanes of at least 4 members (excludes halogenated alkanes) is 1. The lowest BCUT2D eigenvalue weighted by molar-refractivity contribution is -0.135. The van der Waals surface area contributed by atoms with Gasteiger partial charge in [-0.05, 0) is 56.7 Å². The van der Waals surface area contributed by atoms with Crippen LogP contribution >= 0.6 is 11.3 Å². The summed E-state index contributed by atoms with van der Waals surface area (Å²) in [4.78, 5) is 69.5. The largest absolute Gasteiger partial charge is 0.368 e. The summed E-state index contributed by atoms with van der Waals surface area (Å²) in [5.74, 6) is -3.28. The maximum Gasteiger partial charge on any atom is 0.240 e. The van der Waals surface area contributed by atoms with Gasteiger partial charge in [-0.15, -0.1) is 11.3 Å². The van der Waals surface area contributed by atoms with Crippen molar-refractivity contribution in [3.8, 4) is 0 Å². The monoisotopic (exact) mass is 615 g/mol. The van der Waals surface area contributed by atoms with Crippen molar-refractivity contribution < 1.29 is 24.0 Å². The Labute approximate surface area is 259 Å². The van der Waals surface area contributed by atoms with Crippen LogP contribution in [-0.2, 0) is 30.4 Å². The van der Waals surface area contributed by atoms with E-state index < -0.39 is 35.7 Å². The van der Waals surface area contributed by atoms with E-state index in [2.05, 4.69) is 15.6 Å². The van der Waals surface area contributed by atoms with Gasteiger partial charge in [0, 0.05) is 25.2 Å². The number of carbonyl (C=O) groups is 5. The molecule has 0 aliphatic carbocycles. The van der Waals surface area contributed by atoms with Gasteiger partial charge in [0.1, 0.15) is 11.8 Å². The van der Waals surface area contributed by atoms with Gasteiger partial charge in [0.15, 0.2) is 5.78 Å². The first-order valence-corrected chi connectivity index (χ1v) is 16.1. The predicted octanol–water partition coefficient (Wildman–Crippen LogP) is 3.69. The van der Waals surface area contributed by atoms with Crippen LogP contribution in [0.5, 0.6) is 0 Å². The number of para-hydroxylation sites is 1. The molecule has 0 bridgehead atoms.